The van der Waals surface area contributed by atoms with Crippen LogP contribution in [0, 0.1) is 0 Å². The molecule has 2 aliphatic rings. The summed E-state index contributed by atoms with van der Waals surface area (Å²) in [5, 5.41) is 4.00. The molecule has 2 N–H and O–H groups in total. The van der Waals surface area contributed by atoms with Crippen molar-refractivity contribution in [2.24, 2.45) is 5.73 Å². The van der Waals surface area contributed by atoms with Crippen molar-refractivity contribution in [1.29, 1.82) is 0 Å². The molecule has 0 radical (unpaired) electrons. The van der Waals surface area contributed by atoms with Crippen LogP contribution in [0.4, 0.5) is 0 Å². The van der Waals surface area contributed by atoms with E-state index in [0.717, 1.165) is 38.5 Å². The van der Waals surface area contributed by atoms with Crippen molar-refractivity contribution in [1.82, 2.24) is 14.4 Å². The molecule has 1 atom stereocenters. The van der Waals surface area contributed by atoms with Crippen molar-refractivity contribution in [2.45, 2.75) is 61.9 Å². The van der Waals surface area contributed by atoms with Crippen LogP contribution in [0.25, 0.3) is 11.5 Å². The van der Waals surface area contributed by atoms with E-state index in [0.29, 0.717) is 28.7 Å². The van der Waals surface area contributed by atoms with Crippen molar-refractivity contribution in [2.75, 3.05) is 6.54 Å². The van der Waals surface area contributed by atoms with Gasteiger partial charge in [0.15, 0.2) is 5.82 Å². The second kappa shape index (κ2) is 7.50. The Morgan fingerprint density at radius 3 is 2.48 bits per heavy atom. The lowest BCUT2D eigenvalue weighted by molar-refractivity contribution is 0.229. The molecular weight excluding hydrogens is 388 g/mol. The number of piperidine rings is 1. The van der Waals surface area contributed by atoms with Gasteiger partial charge in [-0.05, 0) is 63.3 Å². The largest absolute Gasteiger partial charge is 0.334 e. The Morgan fingerprint density at radius 1 is 1.19 bits per heavy atom. The number of hydrogen-bond donors (Lipinski definition) is 1. The normalized spacial score (nSPS) is 22.7. The Labute approximate surface area is 165 Å². The predicted molar refractivity (Wildman–Crippen MR) is 104 cm³/mol. The minimum atomic E-state index is -3.48. The quantitative estimate of drug-likeness (QED) is 0.827. The zero-order chi connectivity index (χ0) is 18.4. The number of nitrogens with zero attached hydrogens (tertiary/aromatic N) is 3. The van der Waals surface area contributed by atoms with Crippen molar-refractivity contribution >= 4 is 22.4 Å². The zero-order valence-electron chi connectivity index (χ0n) is 15.3. The maximum atomic E-state index is 12.9. The molecule has 9 heteroatoms. The van der Waals surface area contributed by atoms with E-state index in [1.165, 1.54) is 0 Å². The van der Waals surface area contributed by atoms with Gasteiger partial charge in [0.05, 0.1) is 10.4 Å². The zero-order valence-corrected chi connectivity index (χ0v) is 16.9. The molecule has 148 valence electrons. The predicted octanol–water partition coefficient (Wildman–Crippen LogP) is 3.06. The van der Waals surface area contributed by atoms with Crippen molar-refractivity contribution in [3.63, 3.8) is 0 Å². The van der Waals surface area contributed by atoms with E-state index in [4.69, 9.17) is 10.3 Å². The first-order valence-electron chi connectivity index (χ1n) is 9.15. The van der Waals surface area contributed by atoms with Crippen molar-refractivity contribution < 1.29 is 12.9 Å². The minimum absolute atomic E-state index is 0. The average molecular weight is 413 g/mol. The fourth-order valence-corrected chi connectivity index (χ4v) is 5.36. The smallest absolute Gasteiger partial charge is 0.257 e. The molecule has 2 heterocycles. The lowest BCUT2D eigenvalue weighted by Gasteiger charge is -2.34. The van der Waals surface area contributed by atoms with Crippen LogP contribution in [0.1, 0.15) is 51.3 Å². The summed E-state index contributed by atoms with van der Waals surface area (Å²) in [5.41, 5.74) is 6.44. The van der Waals surface area contributed by atoms with E-state index in [1.54, 1.807) is 28.6 Å². The molecule has 4 rings (SSSR count). The van der Waals surface area contributed by atoms with Gasteiger partial charge in [-0.2, -0.15) is 9.29 Å². The van der Waals surface area contributed by atoms with Gasteiger partial charge in [-0.15, -0.1) is 12.4 Å². The topological polar surface area (TPSA) is 102 Å². The van der Waals surface area contributed by atoms with Gasteiger partial charge in [-0.25, -0.2) is 8.42 Å². The third-order valence-corrected chi connectivity index (χ3v) is 7.59. The van der Waals surface area contributed by atoms with E-state index >= 15 is 0 Å². The van der Waals surface area contributed by atoms with Crippen LogP contribution in [-0.4, -0.2) is 35.5 Å². The van der Waals surface area contributed by atoms with Gasteiger partial charge < -0.3 is 10.3 Å². The van der Waals surface area contributed by atoms with Gasteiger partial charge in [0, 0.05) is 18.2 Å². The van der Waals surface area contributed by atoms with Crippen LogP contribution in [0.3, 0.4) is 0 Å². The molecule has 1 aromatic carbocycles. The number of aromatic nitrogens is 2. The average Bonchev–Trinajstić information content (AvgIpc) is 3.10. The van der Waals surface area contributed by atoms with Gasteiger partial charge in [-0.1, -0.05) is 11.6 Å². The van der Waals surface area contributed by atoms with Crippen molar-refractivity contribution in [3.8, 4) is 11.5 Å². The summed E-state index contributed by atoms with van der Waals surface area (Å²) in [7, 11) is -3.48. The third kappa shape index (κ3) is 3.63. The van der Waals surface area contributed by atoms with Gasteiger partial charge >= 0.3 is 0 Å². The molecule has 1 saturated heterocycles. The van der Waals surface area contributed by atoms with Crippen molar-refractivity contribution in [3.05, 3.63) is 30.1 Å². The van der Waals surface area contributed by atoms with Crippen LogP contribution in [0.5, 0.6) is 0 Å². The minimum Gasteiger partial charge on any atom is -0.334 e. The summed E-state index contributed by atoms with van der Waals surface area (Å²) in [5.74, 6) is 0.893. The fourth-order valence-electron chi connectivity index (χ4n) is 3.66. The number of halogens is 1. The fraction of sp³-hybridized carbons (Fsp3) is 0.556. The highest BCUT2D eigenvalue weighted by Gasteiger charge is 2.39. The monoisotopic (exact) mass is 412 g/mol. The molecule has 2 fully saturated rings. The Hall–Kier alpha value is -1.48. The van der Waals surface area contributed by atoms with E-state index in [9.17, 15) is 8.42 Å². The summed E-state index contributed by atoms with van der Waals surface area (Å²) in [6.07, 6.45) is 5.68. The molecule has 1 aliphatic carbocycles. The number of rotatable bonds is 4. The summed E-state index contributed by atoms with van der Waals surface area (Å²) in [6, 6.07) is 6.68. The lowest BCUT2D eigenvalue weighted by Crippen LogP contribution is -2.44. The SMILES string of the molecule is CC1CCCCN1S(=O)(=O)c1ccc(-c2nc(C3(N)CCC3)no2)cc1.Cl. The van der Waals surface area contributed by atoms with Gasteiger partial charge in [0.2, 0.25) is 10.0 Å². The third-order valence-electron chi connectivity index (χ3n) is 5.57. The molecule has 1 unspecified atom stereocenters. The highest BCUT2D eigenvalue weighted by Crippen LogP contribution is 2.37. The second-order valence-electron chi connectivity index (χ2n) is 7.42. The van der Waals surface area contributed by atoms with E-state index in [1.807, 2.05) is 6.92 Å². The number of sulfonamides is 1. The Bertz CT molecular complexity index is 894. The standard InChI is InChI=1S/C18H24N4O3S.ClH/c1-13-5-2-3-12-22(13)26(23,24)15-8-6-14(7-9-15)16-20-17(21-25-16)18(19)10-4-11-18;/h6-9,13H,2-5,10-12,19H2,1H3;1H. The summed E-state index contributed by atoms with van der Waals surface area (Å²) < 4.78 is 32.7. The first kappa shape index (κ1) is 20.3. The summed E-state index contributed by atoms with van der Waals surface area (Å²) in [6.45, 7) is 2.55. The van der Waals surface area contributed by atoms with Gasteiger partial charge in [0.1, 0.15) is 0 Å². The highest BCUT2D eigenvalue weighted by atomic mass is 35.5. The molecule has 2 aromatic rings. The molecule has 1 aliphatic heterocycles. The maximum absolute atomic E-state index is 12.9. The van der Waals surface area contributed by atoms with Crippen LogP contribution in [-0.2, 0) is 15.6 Å². The molecule has 1 aromatic heterocycles. The van der Waals surface area contributed by atoms with Crippen LogP contribution < -0.4 is 5.73 Å². The van der Waals surface area contributed by atoms with Crippen LogP contribution in [0.2, 0.25) is 0 Å². The van der Waals surface area contributed by atoms with E-state index in [2.05, 4.69) is 10.1 Å². The number of hydrogen-bond acceptors (Lipinski definition) is 6. The molecule has 0 spiro atoms. The summed E-state index contributed by atoms with van der Waals surface area (Å²) >= 11 is 0. The summed E-state index contributed by atoms with van der Waals surface area (Å²) in [4.78, 5) is 4.70. The van der Waals surface area contributed by atoms with Crippen LogP contribution in [0.15, 0.2) is 33.7 Å². The Morgan fingerprint density at radius 2 is 1.89 bits per heavy atom. The first-order valence-corrected chi connectivity index (χ1v) is 10.6. The van der Waals surface area contributed by atoms with Gasteiger partial charge in [0.25, 0.3) is 5.89 Å². The second-order valence-corrected chi connectivity index (χ2v) is 9.31. The molecule has 7 nitrogen and oxygen atoms in total. The van der Waals surface area contributed by atoms with E-state index < -0.39 is 15.6 Å². The Balaban J connectivity index is 0.00000210. The number of nitrogens with two attached hydrogens (primary N) is 1. The Kier molecular flexibility index (Phi) is 5.63. The molecule has 27 heavy (non-hydrogen) atoms. The molecule has 1 saturated carbocycles. The molecule has 0 amide bonds. The van der Waals surface area contributed by atoms with Gasteiger partial charge in [-0.3, -0.25) is 0 Å². The maximum Gasteiger partial charge on any atom is 0.257 e. The lowest BCUT2D eigenvalue weighted by atomic mass is 9.77. The highest BCUT2D eigenvalue weighted by molar-refractivity contribution is 7.89. The number of benzene rings is 1. The first-order chi connectivity index (χ1) is 12.4. The van der Waals surface area contributed by atoms with Crippen LogP contribution >= 0.6 is 12.4 Å². The molecule has 0 bridgehead atoms. The molecular formula is C18H25ClN4O3S. The van der Waals surface area contributed by atoms with E-state index in [-0.39, 0.29) is 18.4 Å².